The van der Waals surface area contributed by atoms with Crippen molar-refractivity contribution < 1.29 is 9.59 Å². The maximum Gasteiger partial charge on any atom is 0.234 e. The summed E-state index contributed by atoms with van der Waals surface area (Å²) >= 11 is 0. The minimum Gasteiger partial charge on any atom is -0.352 e. The van der Waals surface area contributed by atoms with Gasteiger partial charge in [0, 0.05) is 37.8 Å². The van der Waals surface area contributed by atoms with Crippen LogP contribution in [-0.2, 0) is 9.59 Å². The molecule has 0 aromatic carbocycles. The van der Waals surface area contributed by atoms with Crippen LogP contribution in [0.25, 0.3) is 0 Å². The molecule has 1 saturated heterocycles. The maximum absolute atomic E-state index is 12.8. The summed E-state index contributed by atoms with van der Waals surface area (Å²) < 4.78 is 0. The second-order valence-corrected chi connectivity index (χ2v) is 11.2. The summed E-state index contributed by atoms with van der Waals surface area (Å²) in [5, 5.41) is 6.77. The van der Waals surface area contributed by atoms with Gasteiger partial charge < -0.3 is 10.6 Å². The van der Waals surface area contributed by atoms with Crippen LogP contribution in [0.5, 0.6) is 0 Å². The smallest absolute Gasteiger partial charge is 0.234 e. The van der Waals surface area contributed by atoms with Crippen LogP contribution in [0.2, 0.25) is 0 Å². The third-order valence-corrected chi connectivity index (χ3v) is 8.20. The van der Waals surface area contributed by atoms with Crippen molar-refractivity contribution in [3.05, 3.63) is 0 Å². The first kappa shape index (κ1) is 21.7. The summed E-state index contributed by atoms with van der Waals surface area (Å²) in [5.74, 6) is 3.40. The molecule has 1 atom stereocenters. The van der Waals surface area contributed by atoms with Gasteiger partial charge in [-0.25, -0.2) is 0 Å². The first-order chi connectivity index (χ1) is 15.1. The Morgan fingerprint density at radius 2 is 1.26 bits per heavy atom. The van der Waals surface area contributed by atoms with Crippen molar-refractivity contribution in [1.82, 2.24) is 20.4 Å². The van der Waals surface area contributed by atoms with Gasteiger partial charge in [-0.3, -0.25) is 19.4 Å². The van der Waals surface area contributed by atoms with Crippen molar-refractivity contribution >= 4 is 11.8 Å². The number of hydrogen-bond acceptors (Lipinski definition) is 4. The second-order valence-electron chi connectivity index (χ2n) is 11.2. The fraction of sp³-hybridized carbons (Fsp3) is 0.920. The highest BCUT2D eigenvalue weighted by atomic mass is 16.2. The molecule has 0 aromatic rings. The van der Waals surface area contributed by atoms with Crippen molar-refractivity contribution in [1.29, 1.82) is 0 Å². The van der Waals surface area contributed by atoms with Gasteiger partial charge in [0.2, 0.25) is 11.8 Å². The zero-order valence-corrected chi connectivity index (χ0v) is 19.4. The summed E-state index contributed by atoms with van der Waals surface area (Å²) in [4.78, 5) is 30.3. The number of carbonyl (C=O) groups is 2. The molecule has 6 nitrogen and oxygen atoms in total. The highest BCUT2D eigenvalue weighted by Crippen LogP contribution is 2.45. The summed E-state index contributed by atoms with van der Waals surface area (Å²) in [6.45, 7) is 5.93. The molecule has 4 aliphatic carbocycles. The minimum absolute atomic E-state index is 0.210. The quantitative estimate of drug-likeness (QED) is 0.499. The van der Waals surface area contributed by atoms with Crippen molar-refractivity contribution in [2.45, 2.75) is 89.3 Å². The number of rotatable bonds is 12. The molecule has 1 heterocycles. The summed E-state index contributed by atoms with van der Waals surface area (Å²) in [7, 11) is 0. The number of carbonyl (C=O) groups excluding carboxylic acids is 2. The van der Waals surface area contributed by atoms with Crippen molar-refractivity contribution in [3.8, 4) is 0 Å². The van der Waals surface area contributed by atoms with Gasteiger partial charge in [0.25, 0.3) is 0 Å². The van der Waals surface area contributed by atoms with Gasteiger partial charge in [-0.1, -0.05) is 13.3 Å². The van der Waals surface area contributed by atoms with Crippen LogP contribution in [0, 0.1) is 23.7 Å². The predicted octanol–water partition coefficient (Wildman–Crippen LogP) is 2.38. The summed E-state index contributed by atoms with van der Waals surface area (Å²) in [5.41, 5.74) is 0. The Morgan fingerprint density at radius 1 is 0.774 bits per heavy atom. The van der Waals surface area contributed by atoms with E-state index in [0.29, 0.717) is 31.2 Å². The number of nitrogens with one attached hydrogen (secondary N) is 2. The molecule has 5 fully saturated rings. The summed E-state index contributed by atoms with van der Waals surface area (Å²) in [6, 6.07) is 1.25. The van der Waals surface area contributed by atoms with E-state index in [1.165, 1.54) is 51.4 Å². The SMILES string of the molecule is CCC[C@H]1CN(CC(=O)NC(C2CC2)C2CC2)CCN1CC(=O)NC(C1CC1)C1CC1. The number of amides is 2. The van der Waals surface area contributed by atoms with Crippen LogP contribution in [0.1, 0.15) is 71.1 Å². The molecule has 0 aromatic heterocycles. The molecule has 0 radical (unpaired) electrons. The van der Waals surface area contributed by atoms with Crippen molar-refractivity contribution in [2.24, 2.45) is 23.7 Å². The van der Waals surface area contributed by atoms with Gasteiger partial charge in [-0.2, -0.15) is 0 Å². The molecular formula is C25H42N4O2. The Bertz CT molecular complexity index is 630. The van der Waals surface area contributed by atoms with Crippen LogP contribution >= 0.6 is 0 Å². The van der Waals surface area contributed by atoms with Crippen LogP contribution in [-0.4, -0.2) is 72.5 Å². The fourth-order valence-corrected chi connectivity index (χ4v) is 5.83. The van der Waals surface area contributed by atoms with Crippen molar-refractivity contribution in [2.75, 3.05) is 32.7 Å². The van der Waals surface area contributed by atoms with Gasteiger partial charge >= 0.3 is 0 Å². The molecule has 1 aliphatic heterocycles. The van der Waals surface area contributed by atoms with Gasteiger partial charge in [-0.15, -0.1) is 0 Å². The zero-order valence-electron chi connectivity index (χ0n) is 19.4. The van der Waals surface area contributed by atoms with Crippen molar-refractivity contribution in [3.63, 3.8) is 0 Å². The zero-order chi connectivity index (χ0) is 21.4. The molecular weight excluding hydrogens is 388 g/mol. The Hall–Kier alpha value is -1.14. The van der Waals surface area contributed by atoms with E-state index in [2.05, 4.69) is 27.4 Å². The molecule has 2 N–H and O–H groups in total. The van der Waals surface area contributed by atoms with Gasteiger partial charge in [0.1, 0.15) is 0 Å². The lowest BCUT2D eigenvalue weighted by Crippen LogP contribution is -2.57. The van der Waals surface area contributed by atoms with Crippen LogP contribution in [0.3, 0.4) is 0 Å². The van der Waals surface area contributed by atoms with E-state index >= 15 is 0 Å². The molecule has 31 heavy (non-hydrogen) atoms. The van der Waals surface area contributed by atoms with E-state index in [9.17, 15) is 9.59 Å². The fourth-order valence-electron chi connectivity index (χ4n) is 5.83. The van der Waals surface area contributed by atoms with E-state index < -0.39 is 0 Å². The van der Waals surface area contributed by atoms with Crippen LogP contribution in [0.4, 0.5) is 0 Å². The van der Waals surface area contributed by atoms with E-state index in [1.807, 2.05) is 0 Å². The average Bonchev–Trinajstić information content (AvgIpc) is 3.55. The maximum atomic E-state index is 12.8. The summed E-state index contributed by atoms with van der Waals surface area (Å²) in [6.07, 6.45) is 12.6. The minimum atomic E-state index is 0.210. The number of nitrogens with zero attached hydrogens (tertiary/aromatic N) is 2. The third kappa shape index (κ3) is 6.01. The van der Waals surface area contributed by atoms with E-state index in [-0.39, 0.29) is 11.8 Å². The molecule has 2 amide bonds. The lowest BCUT2D eigenvalue weighted by molar-refractivity contribution is -0.127. The lowest BCUT2D eigenvalue weighted by Gasteiger charge is -2.41. The Kier molecular flexibility index (Phi) is 6.57. The Balaban J connectivity index is 1.09. The van der Waals surface area contributed by atoms with E-state index in [4.69, 9.17) is 0 Å². The van der Waals surface area contributed by atoms with Crippen LogP contribution < -0.4 is 10.6 Å². The highest BCUT2D eigenvalue weighted by Gasteiger charge is 2.43. The standard InChI is InChI=1S/C25H42N4O2/c1-2-3-21-14-28(15-22(30)26-24(17-4-5-17)18-6-7-18)12-13-29(21)16-23(31)27-25(19-8-9-19)20-10-11-20/h17-21,24-25H,2-16H2,1H3,(H,26,30)(H,27,31)/t21-/m0/s1. The predicted molar refractivity (Wildman–Crippen MR) is 121 cm³/mol. The average molecular weight is 431 g/mol. The molecule has 5 rings (SSSR count). The molecule has 0 bridgehead atoms. The molecule has 0 spiro atoms. The van der Waals surface area contributed by atoms with Gasteiger partial charge in [0.05, 0.1) is 13.1 Å². The molecule has 5 aliphatic rings. The van der Waals surface area contributed by atoms with E-state index in [0.717, 1.165) is 56.1 Å². The first-order valence-corrected chi connectivity index (χ1v) is 13.2. The topological polar surface area (TPSA) is 64.7 Å². The van der Waals surface area contributed by atoms with Gasteiger partial charge in [-0.05, 0) is 81.5 Å². The lowest BCUT2D eigenvalue weighted by atomic mass is 10.1. The largest absolute Gasteiger partial charge is 0.352 e. The Morgan fingerprint density at radius 3 is 1.71 bits per heavy atom. The highest BCUT2D eigenvalue weighted by molar-refractivity contribution is 5.79. The van der Waals surface area contributed by atoms with Gasteiger partial charge in [0.15, 0.2) is 0 Å². The monoisotopic (exact) mass is 430 g/mol. The Labute approximate surface area is 187 Å². The van der Waals surface area contributed by atoms with Crippen LogP contribution in [0.15, 0.2) is 0 Å². The first-order valence-electron chi connectivity index (χ1n) is 13.2. The number of hydrogen-bond donors (Lipinski definition) is 2. The number of piperazine rings is 1. The normalized spacial score (nSPS) is 27.6. The molecule has 0 unspecified atom stereocenters. The van der Waals surface area contributed by atoms with E-state index in [1.54, 1.807) is 0 Å². The second kappa shape index (κ2) is 9.38. The molecule has 6 heteroatoms. The molecule has 4 saturated carbocycles. The molecule has 174 valence electrons. The third-order valence-electron chi connectivity index (χ3n) is 8.20.